The minimum Gasteiger partial charge on any atom is -0.358 e. The molecule has 2 saturated carbocycles. The maximum absolute atomic E-state index is 12.5. The number of rotatable bonds is 7. The zero-order valence-electron chi connectivity index (χ0n) is 16.1. The Kier molecular flexibility index (Phi) is 7.73. The highest BCUT2D eigenvalue weighted by Crippen LogP contribution is 2.35. The van der Waals surface area contributed by atoms with Gasteiger partial charge < -0.3 is 16.4 Å². The Labute approximate surface area is 152 Å². The van der Waals surface area contributed by atoms with Crippen LogP contribution in [0.15, 0.2) is 0 Å². The third kappa shape index (κ3) is 6.28. The van der Waals surface area contributed by atoms with Crippen molar-refractivity contribution in [3.8, 4) is 0 Å². The van der Waals surface area contributed by atoms with Gasteiger partial charge in [0.25, 0.3) is 0 Å². The lowest BCUT2D eigenvalue weighted by Crippen LogP contribution is -2.55. The molecule has 5 heteroatoms. The van der Waals surface area contributed by atoms with E-state index in [0.717, 1.165) is 50.9 Å². The summed E-state index contributed by atoms with van der Waals surface area (Å²) >= 11 is 0. The highest BCUT2D eigenvalue weighted by atomic mass is 16.2. The second-order valence-corrected chi connectivity index (χ2v) is 8.41. The molecule has 0 aromatic carbocycles. The summed E-state index contributed by atoms with van der Waals surface area (Å²) in [6.07, 6.45) is 13.3. The van der Waals surface area contributed by atoms with E-state index in [9.17, 15) is 9.59 Å². The van der Waals surface area contributed by atoms with E-state index in [-0.39, 0.29) is 17.9 Å². The van der Waals surface area contributed by atoms with E-state index < -0.39 is 5.54 Å². The van der Waals surface area contributed by atoms with Crippen molar-refractivity contribution in [3.63, 3.8) is 0 Å². The summed E-state index contributed by atoms with van der Waals surface area (Å²) < 4.78 is 0. The molecular weight excluding hydrogens is 314 g/mol. The van der Waals surface area contributed by atoms with Gasteiger partial charge in [-0.05, 0) is 43.9 Å². The molecule has 2 rings (SSSR count). The zero-order valence-corrected chi connectivity index (χ0v) is 16.1. The maximum atomic E-state index is 12.5. The molecule has 0 heterocycles. The van der Waals surface area contributed by atoms with Crippen molar-refractivity contribution in [2.75, 3.05) is 7.05 Å². The second kappa shape index (κ2) is 9.56. The second-order valence-electron chi connectivity index (χ2n) is 8.41. The van der Waals surface area contributed by atoms with Crippen molar-refractivity contribution in [3.05, 3.63) is 0 Å². The molecule has 0 aromatic rings. The zero-order chi connectivity index (χ0) is 18.3. The first-order valence-electron chi connectivity index (χ1n) is 10.2. The lowest BCUT2D eigenvalue weighted by Gasteiger charge is -2.37. The van der Waals surface area contributed by atoms with Crippen LogP contribution in [0.25, 0.3) is 0 Å². The van der Waals surface area contributed by atoms with Crippen molar-refractivity contribution in [2.45, 2.75) is 95.6 Å². The lowest BCUT2D eigenvalue weighted by molar-refractivity contribution is -0.127. The van der Waals surface area contributed by atoms with Gasteiger partial charge >= 0.3 is 0 Å². The molecule has 3 atom stereocenters. The molecule has 0 unspecified atom stereocenters. The van der Waals surface area contributed by atoms with E-state index in [1.165, 1.54) is 32.1 Å². The molecular formula is C20H37N3O2. The van der Waals surface area contributed by atoms with Crippen LogP contribution in [0, 0.1) is 11.8 Å². The standard InChI is InChI=1S/C20H37N3O2/c1-15(24)23-18-10-6-9-17(13-18)14-20(21,19(25)22-2)12-11-16-7-4-3-5-8-16/h16-18H,3-14,21H2,1-2H3,(H,22,25)(H,23,24)/t17-,18+,20+/m0/s1. The molecule has 144 valence electrons. The van der Waals surface area contributed by atoms with Crippen LogP contribution < -0.4 is 16.4 Å². The summed E-state index contributed by atoms with van der Waals surface area (Å²) in [6, 6.07) is 0.239. The molecule has 2 aliphatic carbocycles. The van der Waals surface area contributed by atoms with Gasteiger partial charge in [0.05, 0.1) is 5.54 Å². The fraction of sp³-hybridized carbons (Fsp3) is 0.900. The first kappa shape index (κ1) is 20.2. The molecule has 0 radical (unpaired) electrons. The number of hydrogen-bond acceptors (Lipinski definition) is 3. The van der Waals surface area contributed by atoms with Gasteiger partial charge in [-0.1, -0.05) is 44.9 Å². The van der Waals surface area contributed by atoms with Crippen LogP contribution >= 0.6 is 0 Å². The third-order valence-corrected chi connectivity index (χ3v) is 6.25. The molecule has 25 heavy (non-hydrogen) atoms. The summed E-state index contributed by atoms with van der Waals surface area (Å²) in [5.41, 5.74) is 5.88. The van der Waals surface area contributed by atoms with E-state index in [2.05, 4.69) is 10.6 Å². The fourth-order valence-corrected chi connectivity index (χ4v) is 4.90. The van der Waals surface area contributed by atoms with Crippen molar-refractivity contribution < 1.29 is 9.59 Å². The largest absolute Gasteiger partial charge is 0.358 e. The van der Waals surface area contributed by atoms with E-state index in [1.807, 2.05) is 0 Å². The third-order valence-electron chi connectivity index (χ3n) is 6.25. The van der Waals surface area contributed by atoms with Gasteiger partial charge in [0.1, 0.15) is 0 Å². The quantitative estimate of drug-likeness (QED) is 0.659. The van der Waals surface area contributed by atoms with Gasteiger partial charge in [0.2, 0.25) is 11.8 Å². The minimum atomic E-state index is -0.769. The van der Waals surface area contributed by atoms with Gasteiger partial charge in [-0.3, -0.25) is 9.59 Å². The van der Waals surface area contributed by atoms with Crippen LogP contribution in [-0.2, 0) is 9.59 Å². The van der Waals surface area contributed by atoms with Crippen LogP contribution in [0.2, 0.25) is 0 Å². The molecule has 0 spiro atoms. The summed E-state index contributed by atoms with van der Waals surface area (Å²) in [5, 5.41) is 5.84. The maximum Gasteiger partial charge on any atom is 0.239 e. The van der Waals surface area contributed by atoms with Gasteiger partial charge in [-0.2, -0.15) is 0 Å². The van der Waals surface area contributed by atoms with Crippen molar-refractivity contribution in [1.82, 2.24) is 10.6 Å². The number of carbonyl (C=O) groups is 2. The lowest BCUT2D eigenvalue weighted by atomic mass is 9.74. The van der Waals surface area contributed by atoms with Crippen LogP contribution in [0.1, 0.15) is 84.0 Å². The van der Waals surface area contributed by atoms with Crippen LogP contribution in [0.5, 0.6) is 0 Å². The highest BCUT2D eigenvalue weighted by Gasteiger charge is 2.37. The highest BCUT2D eigenvalue weighted by molar-refractivity contribution is 5.85. The monoisotopic (exact) mass is 351 g/mol. The average Bonchev–Trinajstić information content (AvgIpc) is 2.60. The normalized spacial score (nSPS) is 27.3. The first-order valence-corrected chi connectivity index (χ1v) is 10.2. The van der Waals surface area contributed by atoms with Crippen molar-refractivity contribution in [1.29, 1.82) is 0 Å². The Morgan fingerprint density at radius 2 is 1.72 bits per heavy atom. The van der Waals surface area contributed by atoms with Gasteiger partial charge in [0, 0.05) is 20.0 Å². The Morgan fingerprint density at radius 1 is 1.04 bits per heavy atom. The Bertz CT molecular complexity index is 448. The summed E-state index contributed by atoms with van der Waals surface area (Å²) in [7, 11) is 1.69. The van der Waals surface area contributed by atoms with Gasteiger partial charge in [-0.15, -0.1) is 0 Å². The number of carbonyl (C=O) groups excluding carboxylic acids is 2. The predicted octanol–water partition coefficient (Wildman–Crippen LogP) is 2.88. The number of nitrogens with one attached hydrogen (secondary N) is 2. The fourth-order valence-electron chi connectivity index (χ4n) is 4.90. The summed E-state index contributed by atoms with van der Waals surface area (Å²) in [6.45, 7) is 1.57. The molecule has 2 amide bonds. The van der Waals surface area contributed by atoms with E-state index >= 15 is 0 Å². The van der Waals surface area contributed by atoms with E-state index in [0.29, 0.717) is 5.92 Å². The summed E-state index contributed by atoms with van der Waals surface area (Å²) in [4.78, 5) is 23.9. The molecule has 0 aromatic heterocycles. The molecule has 2 fully saturated rings. The average molecular weight is 352 g/mol. The molecule has 5 nitrogen and oxygen atoms in total. The van der Waals surface area contributed by atoms with Crippen LogP contribution in [0.4, 0.5) is 0 Å². The summed E-state index contributed by atoms with van der Waals surface area (Å²) in [5.74, 6) is 1.16. The smallest absolute Gasteiger partial charge is 0.239 e. The topological polar surface area (TPSA) is 84.2 Å². The van der Waals surface area contributed by atoms with Crippen molar-refractivity contribution in [2.24, 2.45) is 17.6 Å². The van der Waals surface area contributed by atoms with Crippen LogP contribution in [-0.4, -0.2) is 30.4 Å². The number of nitrogens with two attached hydrogens (primary N) is 1. The molecule has 0 saturated heterocycles. The minimum absolute atomic E-state index is 0.0232. The van der Waals surface area contributed by atoms with Gasteiger partial charge in [-0.25, -0.2) is 0 Å². The van der Waals surface area contributed by atoms with Crippen LogP contribution in [0.3, 0.4) is 0 Å². The Balaban J connectivity index is 1.93. The molecule has 0 bridgehead atoms. The number of hydrogen-bond donors (Lipinski definition) is 3. The predicted molar refractivity (Wildman–Crippen MR) is 101 cm³/mol. The number of amides is 2. The first-order chi connectivity index (χ1) is 11.9. The molecule has 0 aliphatic heterocycles. The Morgan fingerprint density at radius 3 is 2.36 bits per heavy atom. The Hall–Kier alpha value is -1.10. The van der Waals surface area contributed by atoms with Crippen molar-refractivity contribution >= 4 is 11.8 Å². The number of likely N-dealkylation sites (N-methyl/N-ethyl adjacent to an activating group) is 1. The molecule has 4 N–H and O–H groups in total. The molecule has 2 aliphatic rings. The van der Waals surface area contributed by atoms with E-state index in [4.69, 9.17) is 5.73 Å². The van der Waals surface area contributed by atoms with Gasteiger partial charge in [0.15, 0.2) is 0 Å². The SMILES string of the molecule is CNC(=O)[C@@](N)(CCC1CCCCC1)C[C@H]1CCC[C@@H](NC(C)=O)C1. The van der Waals surface area contributed by atoms with E-state index in [1.54, 1.807) is 14.0 Å².